The fraction of sp³-hybridized carbons (Fsp3) is 0.727. The summed E-state index contributed by atoms with van der Waals surface area (Å²) >= 11 is 0. The first-order valence-electron chi connectivity index (χ1n) is 5.89. The normalized spacial score (nSPS) is 16.7. The van der Waals surface area contributed by atoms with Gasteiger partial charge in [-0.15, -0.1) is 0 Å². The maximum atomic E-state index is 11.6. The van der Waals surface area contributed by atoms with Gasteiger partial charge in [0.15, 0.2) is 0 Å². The minimum absolute atomic E-state index is 0.0383. The Hall–Kier alpha value is -1.63. The van der Waals surface area contributed by atoms with Crippen LogP contribution in [0.5, 0.6) is 0 Å². The van der Waals surface area contributed by atoms with E-state index in [4.69, 9.17) is 9.84 Å². The molecule has 0 aromatic heterocycles. The van der Waals surface area contributed by atoms with Gasteiger partial charge in [0.2, 0.25) is 5.91 Å². The van der Waals surface area contributed by atoms with Gasteiger partial charge in [0.25, 0.3) is 0 Å². The van der Waals surface area contributed by atoms with E-state index in [2.05, 4.69) is 10.4 Å². The highest BCUT2D eigenvalue weighted by atomic mass is 16.5. The lowest BCUT2D eigenvalue weighted by molar-refractivity contribution is -0.128. The number of carbonyl (C=O) groups excluding carboxylic acids is 1. The van der Waals surface area contributed by atoms with Gasteiger partial charge in [-0.25, -0.2) is 9.80 Å². The monoisotopic (exact) mass is 257 g/mol. The molecule has 2 amide bonds. The number of hydrazone groups is 1. The van der Waals surface area contributed by atoms with E-state index in [9.17, 15) is 9.59 Å². The third-order valence-electron chi connectivity index (χ3n) is 2.74. The topological polar surface area (TPSA) is 91.2 Å². The smallest absolute Gasteiger partial charge is 0.404 e. The highest BCUT2D eigenvalue weighted by molar-refractivity contribution is 6.05. The Morgan fingerprint density at radius 3 is 3.00 bits per heavy atom. The van der Waals surface area contributed by atoms with Gasteiger partial charge in [-0.3, -0.25) is 4.79 Å². The van der Waals surface area contributed by atoms with Crippen LogP contribution < -0.4 is 5.32 Å². The predicted molar refractivity (Wildman–Crippen MR) is 65.5 cm³/mol. The summed E-state index contributed by atoms with van der Waals surface area (Å²) in [5, 5.41) is 16.3. The maximum absolute atomic E-state index is 11.6. The number of nitrogens with zero attached hydrogens (tertiary/aromatic N) is 2. The number of carboxylic acid groups (broad SMARTS) is 1. The van der Waals surface area contributed by atoms with Gasteiger partial charge in [0.1, 0.15) is 0 Å². The van der Waals surface area contributed by atoms with Crippen LogP contribution in [0.25, 0.3) is 0 Å². The second-order valence-corrected chi connectivity index (χ2v) is 4.18. The van der Waals surface area contributed by atoms with Gasteiger partial charge in [0.05, 0.1) is 12.5 Å². The highest BCUT2D eigenvalue weighted by Crippen LogP contribution is 2.12. The van der Waals surface area contributed by atoms with Crippen molar-refractivity contribution in [2.45, 2.75) is 32.3 Å². The number of ether oxygens (including phenoxy) is 1. The molecule has 102 valence electrons. The second kappa shape index (κ2) is 6.95. The summed E-state index contributed by atoms with van der Waals surface area (Å²) in [6.07, 6.45) is 0.500. The summed E-state index contributed by atoms with van der Waals surface area (Å²) in [5.41, 5.74) is 0.721. The fourth-order valence-electron chi connectivity index (χ4n) is 1.58. The largest absolute Gasteiger partial charge is 0.465 e. The molecular formula is C11H19N3O4. The molecule has 1 unspecified atom stereocenters. The zero-order valence-electron chi connectivity index (χ0n) is 10.7. The van der Waals surface area contributed by atoms with E-state index in [1.165, 1.54) is 5.01 Å². The van der Waals surface area contributed by atoms with Crippen molar-refractivity contribution >= 4 is 17.7 Å². The van der Waals surface area contributed by atoms with Crippen molar-refractivity contribution in [1.82, 2.24) is 10.3 Å². The van der Waals surface area contributed by atoms with E-state index in [-0.39, 0.29) is 25.0 Å². The minimum atomic E-state index is -1.06. The lowest BCUT2D eigenvalue weighted by atomic mass is 10.2. The van der Waals surface area contributed by atoms with Crippen molar-refractivity contribution in [3.8, 4) is 0 Å². The SMILES string of the molecule is COC(C)CCN1N=C(CCNC(=O)O)CC1=O. The molecule has 2 N–H and O–H groups in total. The van der Waals surface area contributed by atoms with Crippen LogP contribution in [0.1, 0.15) is 26.2 Å². The molecule has 0 radical (unpaired) electrons. The lowest BCUT2D eigenvalue weighted by Gasteiger charge is -2.14. The van der Waals surface area contributed by atoms with Crippen LogP contribution in [-0.2, 0) is 9.53 Å². The van der Waals surface area contributed by atoms with Gasteiger partial charge < -0.3 is 15.2 Å². The zero-order chi connectivity index (χ0) is 13.5. The summed E-state index contributed by atoms with van der Waals surface area (Å²) in [6, 6.07) is 0. The first-order chi connectivity index (χ1) is 8.52. The molecule has 7 heteroatoms. The molecule has 0 spiro atoms. The fourth-order valence-corrected chi connectivity index (χ4v) is 1.58. The van der Waals surface area contributed by atoms with Crippen molar-refractivity contribution in [1.29, 1.82) is 0 Å². The number of methoxy groups -OCH3 is 1. The average molecular weight is 257 g/mol. The Morgan fingerprint density at radius 1 is 1.67 bits per heavy atom. The molecule has 7 nitrogen and oxygen atoms in total. The molecule has 0 aromatic carbocycles. The zero-order valence-corrected chi connectivity index (χ0v) is 10.7. The number of hydrogen-bond donors (Lipinski definition) is 2. The number of nitrogens with one attached hydrogen (secondary N) is 1. The van der Waals surface area contributed by atoms with E-state index in [1.807, 2.05) is 6.92 Å². The number of rotatable bonds is 7. The van der Waals surface area contributed by atoms with E-state index >= 15 is 0 Å². The Bertz CT molecular complexity index is 343. The van der Waals surface area contributed by atoms with Crippen LogP contribution in [0.2, 0.25) is 0 Å². The first-order valence-corrected chi connectivity index (χ1v) is 5.89. The Balaban J connectivity index is 2.34. The summed E-state index contributed by atoms with van der Waals surface area (Å²) in [5.74, 6) is -0.0383. The molecule has 1 rings (SSSR count). The van der Waals surface area contributed by atoms with Crippen LogP contribution in [0, 0.1) is 0 Å². The maximum Gasteiger partial charge on any atom is 0.404 e. The van der Waals surface area contributed by atoms with Crippen molar-refractivity contribution < 1.29 is 19.4 Å². The molecule has 0 saturated carbocycles. The first kappa shape index (κ1) is 14.4. The summed E-state index contributed by atoms with van der Waals surface area (Å²) < 4.78 is 5.10. The number of carbonyl (C=O) groups is 2. The van der Waals surface area contributed by atoms with Crippen LogP contribution in [0.4, 0.5) is 4.79 Å². The quantitative estimate of drug-likeness (QED) is 0.700. The summed E-state index contributed by atoms with van der Waals surface area (Å²) in [7, 11) is 1.63. The van der Waals surface area contributed by atoms with Gasteiger partial charge >= 0.3 is 6.09 Å². The van der Waals surface area contributed by atoms with Crippen molar-refractivity contribution in [2.24, 2.45) is 5.10 Å². The van der Waals surface area contributed by atoms with Crippen molar-refractivity contribution in [3.05, 3.63) is 0 Å². The van der Waals surface area contributed by atoms with Crippen LogP contribution in [-0.4, -0.2) is 54.1 Å². The predicted octanol–water partition coefficient (Wildman–Crippen LogP) is 0.657. The third-order valence-corrected chi connectivity index (χ3v) is 2.74. The third kappa shape index (κ3) is 4.70. The van der Waals surface area contributed by atoms with E-state index < -0.39 is 6.09 Å². The Kier molecular flexibility index (Phi) is 5.57. The summed E-state index contributed by atoms with van der Waals surface area (Å²) in [4.78, 5) is 21.9. The molecule has 0 bridgehead atoms. The lowest BCUT2D eigenvalue weighted by Crippen LogP contribution is -2.24. The Labute approximate surface area is 106 Å². The Morgan fingerprint density at radius 2 is 2.39 bits per heavy atom. The van der Waals surface area contributed by atoms with E-state index in [0.29, 0.717) is 13.0 Å². The molecule has 0 fully saturated rings. The van der Waals surface area contributed by atoms with E-state index in [1.54, 1.807) is 7.11 Å². The van der Waals surface area contributed by atoms with Gasteiger partial charge in [-0.05, 0) is 13.3 Å². The van der Waals surface area contributed by atoms with Gasteiger partial charge in [-0.1, -0.05) is 0 Å². The van der Waals surface area contributed by atoms with Gasteiger partial charge in [0, 0.05) is 32.3 Å². The highest BCUT2D eigenvalue weighted by Gasteiger charge is 2.23. The molecule has 1 heterocycles. The number of amides is 2. The van der Waals surface area contributed by atoms with Crippen LogP contribution >= 0.6 is 0 Å². The van der Waals surface area contributed by atoms with Crippen molar-refractivity contribution in [2.75, 3.05) is 20.2 Å². The molecule has 0 aromatic rings. The second-order valence-electron chi connectivity index (χ2n) is 4.18. The summed E-state index contributed by atoms with van der Waals surface area (Å²) in [6.45, 7) is 2.75. The molecule has 0 saturated heterocycles. The van der Waals surface area contributed by atoms with E-state index in [0.717, 1.165) is 12.1 Å². The van der Waals surface area contributed by atoms with Crippen LogP contribution in [0.3, 0.4) is 0 Å². The standard InChI is InChI=1S/C11H19N3O4/c1-8(18-2)4-6-14-10(15)7-9(13-14)3-5-12-11(16)17/h8,12H,3-7H2,1-2H3,(H,16,17). The molecule has 0 aliphatic carbocycles. The molecule has 1 atom stereocenters. The number of hydrogen-bond acceptors (Lipinski definition) is 4. The average Bonchev–Trinajstić information content (AvgIpc) is 2.66. The van der Waals surface area contributed by atoms with Crippen molar-refractivity contribution in [3.63, 3.8) is 0 Å². The minimum Gasteiger partial charge on any atom is -0.465 e. The molecule has 1 aliphatic heterocycles. The van der Waals surface area contributed by atoms with Gasteiger partial charge in [-0.2, -0.15) is 5.10 Å². The molecule has 1 aliphatic rings. The van der Waals surface area contributed by atoms with Crippen LogP contribution in [0.15, 0.2) is 5.10 Å². The molecular weight excluding hydrogens is 238 g/mol. The molecule has 18 heavy (non-hydrogen) atoms.